The van der Waals surface area contributed by atoms with Crippen LogP contribution in [0, 0.1) is 11.3 Å². The highest BCUT2D eigenvalue weighted by Crippen LogP contribution is 2.41. The van der Waals surface area contributed by atoms with Gasteiger partial charge in [0.05, 0.1) is 12.2 Å². The summed E-state index contributed by atoms with van der Waals surface area (Å²) in [5, 5.41) is 13.7. The van der Waals surface area contributed by atoms with Crippen LogP contribution in [0.4, 0.5) is 18.2 Å². The van der Waals surface area contributed by atoms with Gasteiger partial charge in [-0.1, -0.05) is 31.0 Å². The molecule has 0 spiro atoms. The van der Waals surface area contributed by atoms with Gasteiger partial charge < -0.3 is 15.4 Å². The molecule has 0 saturated heterocycles. The van der Waals surface area contributed by atoms with Gasteiger partial charge in [-0.15, -0.1) is 11.3 Å². The van der Waals surface area contributed by atoms with Crippen molar-refractivity contribution in [3.63, 3.8) is 0 Å². The second kappa shape index (κ2) is 10.3. The Labute approximate surface area is 193 Å². The van der Waals surface area contributed by atoms with Crippen LogP contribution >= 0.6 is 11.3 Å². The van der Waals surface area contributed by atoms with Gasteiger partial charge in [0.1, 0.15) is 11.1 Å². The molecule has 0 unspecified atom stereocenters. The molecule has 1 aromatic carbocycles. The van der Waals surface area contributed by atoms with E-state index >= 15 is 0 Å². The van der Waals surface area contributed by atoms with Crippen LogP contribution < -0.4 is 10.6 Å². The Morgan fingerprint density at radius 2 is 1.79 bits per heavy atom. The summed E-state index contributed by atoms with van der Waals surface area (Å²) in [6.45, 7) is 1.04. The fraction of sp³-hybridized carbons (Fsp3) is 0.435. The van der Waals surface area contributed by atoms with Crippen LogP contribution in [-0.2, 0) is 22.4 Å². The molecular weight excluding hydrogens is 455 g/mol. The molecule has 6 nitrogen and oxygen atoms in total. The predicted octanol–water partition coefficient (Wildman–Crippen LogP) is 4.94. The number of benzene rings is 1. The third-order valence-corrected chi connectivity index (χ3v) is 6.64. The number of hydrogen-bond donors (Lipinski definition) is 2. The first-order valence-corrected chi connectivity index (χ1v) is 11.5. The second-order valence-electron chi connectivity index (χ2n) is 7.65. The van der Waals surface area contributed by atoms with E-state index in [0.717, 1.165) is 41.9 Å². The number of hydrogen-bond acceptors (Lipinski definition) is 6. The highest BCUT2D eigenvalue weighted by Gasteiger charge is 2.64. The summed E-state index contributed by atoms with van der Waals surface area (Å²) >= 11 is 1.02. The van der Waals surface area contributed by atoms with E-state index in [9.17, 15) is 28.0 Å². The molecule has 1 aliphatic carbocycles. The maximum atomic E-state index is 14.5. The van der Waals surface area contributed by atoms with Gasteiger partial charge in [-0.25, -0.2) is 4.79 Å². The maximum Gasteiger partial charge on any atom is 0.441 e. The van der Waals surface area contributed by atoms with Gasteiger partial charge in [0.2, 0.25) is 0 Å². The molecule has 0 bridgehead atoms. The molecule has 33 heavy (non-hydrogen) atoms. The van der Waals surface area contributed by atoms with Crippen molar-refractivity contribution in [1.29, 1.82) is 5.26 Å². The fourth-order valence-corrected chi connectivity index (χ4v) is 5.05. The minimum absolute atomic E-state index is 0.0591. The Kier molecular flexibility index (Phi) is 7.64. The van der Waals surface area contributed by atoms with Crippen LogP contribution in [-0.4, -0.2) is 30.3 Å². The Balaban J connectivity index is 2.10. The number of anilines is 1. The number of amides is 1. The molecule has 0 radical (unpaired) electrons. The van der Waals surface area contributed by atoms with Crippen LogP contribution in [0.1, 0.15) is 59.0 Å². The first-order valence-electron chi connectivity index (χ1n) is 10.7. The number of nitrogens with one attached hydrogen (secondary N) is 2. The van der Waals surface area contributed by atoms with Crippen LogP contribution in [0.25, 0.3) is 0 Å². The van der Waals surface area contributed by atoms with Crippen molar-refractivity contribution in [2.75, 3.05) is 11.9 Å². The molecule has 0 saturated carbocycles. The zero-order valence-electron chi connectivity index (χ0n) is 18.1. The van der Waals surface area contributed by atoms with E-state index in [1.165, 1.54) is 31.2 Å². The normalized spacial score (nSPS) is 15.7. The van der Waals surface area contributed by atoms with E-state index in [4.69, 9.17) is 4.74 Å². The monoisotopic (exact) mass is 479 g/mol. The van der Waals surface area contributed by atoms with E-state index in [0.29, 0.717) is 18.4 Å². The lowest BCUT2D eigenvalue weighted by Crippen LogP contribution is -2.69. The number of alkyl halides is 3. The third-order valence-electron chi connectivity index (χ3n) is 5.43. The molecule has 1 atom stereocenters. The standard InChI is InChI=1S/C23H24F3N3O3S/c1-2-32-21(31)22(23(24,25)26,28-19(30)15-10-6-5-7-11-15)29-20-17(14-27)16-12-8-3-4-9-13-18(16)33-20/h5-7,10-11,29H,2-4,8-9,12-13H2,1H3,(H,28,30)/t22-/m0/s1. The molecule has 10 heteroatoms. The Bertz CT molecular complexity index is 1050. The fourth-order valence-electron chi connectivity index (χ4n) is 3.76. The van der Waals surface area contributed by atoms with E-state index in [1.807, 2.05) is 11.4 Å². The van der Waals surface area contributed by atoms with Crippen molar-refractivity contribution < 1.29 is 27.5 Å². The molecule has 3 rings (SSSR count). The van der Waals surface area contributed by atoms with E-state index < -0.39 is 23.7 Å². The number of thiophene rings is 1. The summed E-state index contributed by atoms with van der Waals surface area (Å²) < 4.78 is 48.3. The number of halogens is 3. The van der Waals surface area contributed by atoms with Crippen LogP contribution in [0.3, 0.4) is 0 Å². The van der Waals surface area contributed by atoms with Gasteiger partial charge in [0.25, 0.3) is 5.91 Å². The molecule has 1 aromatic heterocycles. The van der Waals surface area contributed by atoms with Crippen LogP contribution in [0.2, 0.25) is 0 Å². The quantitative estimate of drug-likeness (QED) is 0.452. The number of nitrogens with zero attached hydrogens (tertiary/aromatic N) is 1. The summed E-state index contributed by atoms with van der Waals surface area (Å²) in [5.41, 5.74) is -2.85. The van der Waals surface area contributed by atoms with Gasteiger partial charge in [0, 0.05) is 10.4 Å². The number of nitriles is 1. The number of ether oxygens (including phenoxy) is 1. The lowest BCUT2D eigenvalue weighted by atomic mass is 9.97. The molecule has 176 valence electrons. The first-order chi connectivity index (χ1) is 15.7. The van der Waals surface area contributed by atoms with Gasteiger partial charge in [0.15, 0.2) is 0 Å². The lowest BCUT2D eigenvalue weighted by molar-refractivity contribution is -0.204. The summed E-state index contributed by atoms with van der Waals surface area (Å²) in [4.78, 5) is 26.3. The number of carbonyl (C=O) groups is 2. The largest absolute Gasteiger partial charge is 0.463 e. The third kappa shape index (κ3) is 5.14. The van der Waals surface area contributed by atoms with Crippen molar-refractivity contribution >= 4 is 28.2 Å². The topological polar surface area (TPSA) is 91.2 Å². The van der Waals surface area contributed by atoms with E-state index in [-0.39, 0.29) is 22.7 Å². The smallest absolute Gasteiger partial charge is 0.441 e. The Morgan fingerprint density at radius 1 is 1.12 bits per heavy atom. The Hall–Kier alpha value is -3.06. The van der Waals surface area contributed by atoms with Crippen LogP contribution in [0.15, 0.2) is 30.3 Å². The number of rotatable bonds is 6. The zero-order chi connectivity index (χ0) is 24.1. The minimum Gasteiger partial charge on any atom is -0.463 e. The van der Waals surface area contributed by atoms with Gasteiger partial charge in [-0.05, 0) is 50.3 Å². The van der Waals surface area contributed by atoms with Crippen molar-refractivity contribution in [3.05, 3.63) is 51.9 Å². The van der Waals surface area contributed by atoms with Crippen molar-refractivity contribution in [2.45, 2.75) is 57.3 Å². The van der Waals surface area contributed by atoms with Crippen molar-refractivity contribution in [1.82, 2.24) is 5.32 Å². The minimum atomic E-state index is -5.27. The predicted molar refractivity (Wildman–Crippen MR) is 118 cm³/mol. The highest BCUT2D eigenvalue weighted by atomic mass is 32.1. The average Bonchev–Trinajstić information content (AvgIpc) is 3.08. The van der Waals surface area contributed by atoms with Crippen molar-refractivity contribution in [2.24, 2.45) is 0 Å². The Morgan fingerprint density at radius 3 is 2.39 bits per heavy atom. The summed E-state index contributed by atoms with van der Waals surface area (Å²) in [6, 6.07) is 9.26. The summed E-state index contributed by atoms with van der Waals surface area (Å²) in [6.07, 6.45) is -0.378. The highest BCUT2D eigenvalue weighted by molar-refractivity contribution is 7.16. The molecular formula is C23H24F3N3O3S. The molecule has 0 aliphatic heterocycles. The lowest BCUT2D eigenvalue weighted by Gasteiger charge is -2.35. The average molecular weight is 480 g/mol. The summed E-state index contributed by atoms with van der Waals surface area (Å²) in [5.74, 6) is -2.81. The SMILES string of the molecule is CCOC(=O)[C@](NC(=O)c1ccccc1)(Nc1sc2c(c1C#N)CCCCCC2)C(F)(F)F. The molecule has 2 N–H and O–H groups in total. The summed E-state index contributed by atoms with van der Waals surface area (Å²) in [7, 11) is 0. The molecule has 1 heterocycles. The second-order valence-corrected chi connectivity index (χ2v) is 8.75. The first kappa shape index (κ1) is 24.6. The number of esters is 1. The van der Waals surface area contributed by atoms with E-state index in [2.05, 4.69) is 5.32 Å². The molecule has 1 aliphatic rings. The number of fused-ring (bicyclic) bond motifs is 1. The van der Waals surface area contributed by atoms with Crippen molar-refractivity contribution in [3.8, 4) is 6.07 Å². The molecule has 1 amide bonds. The van der Waals surface area contributed by atoms with Gasteiger partial charge >= 0.3 is 17.8 Å². The van der Waals surface area contributed by atoms with Gasteiger partial charge in [-0.3, -0.25) is 4.79 Å². The van der Waals surface area contributed by atoms with Gasteiger partial charge in [-0.2, -0.15) is 18.4 Å². The molecule has 0 fully saturated rings. The molecule has 2 aromatic rings. The zero-order valence-corrected chi connectivity index (χ0v) is 18.9. The van der Waals surface area contributed by atoms with E-state index in [1.54, 1.807) is 6.07 Å². The van der Waals surface area contributed by atoms with Crippen LogP contribution in [0.5, 0.6) is 0 Å². The number of carbonyl (C=O) groups excluding carboxylic acids is 2. The maximum absolute atomic E-state index is 14.5. The number of aryl methyl sites for hydroxylation is 1.